The number of aromatic carboxylic acids is 1. The zero-order chi connectivity index (χ0) is 68.4. The molecule has 2 aromatic heterocycles. The maximum Gasteiger partial charge on any atom is 0.356 e. The van der Waals surface area contributed by atoms with Crippen LogP contribution in [-0.2, 0) is 14.4 Å². The summed E-state index contributed by atoms with van der Waals surface area (Å²) < 4.78 is 3.17. The third kappa shape index (κ3) is 16.4. The predicted octanol–water partition coefficient (Wildman–Crippen LogP) is 14.2. The van der Waals surface area contributed by atoms with Crippen molar-refractivity contribution in [2.75, 3.05) is 19.0 Å². The summed E-state index contributed by atoms with van der Waals surface area (Å²) >= 11 is 42.5. The number of hydrogen-bond donors (Lipinski definition) is 9. The molecule has 0 radical (unpaired) electrons. The fourth-order valence-corrected chi connectivity index (χ4v) is 20.5. The first-order chi connectivity index (χ1) is 46.0. The molecular formula is C71H85Cl7N12O6. The van der Waals surface area contributed by atoms with E-state index in [-0.39, 0.29) is 77.0 Å². The van der Waals surface area contributed by atoms with Crippen LogP contribution in [0.15, 0.2) is 84.9 Å². The minimum absolute atomic E-state index is 0.00861. The van der Waals surface area contributed by atoms with Crippen LogP contribution in [0, 0.1) is 67.1 Å². The Balaban J connectivity index is 0.000000139. The van der Waals surface area contributed by atoms with Crippen molar-refractivity contribution < 1.29 is 29.1 Å². The summed E-state index contributed by atoms with van der Waals surface area (Å²) in [6.45, 7) is 4.04. The molecule has 2 heterocycles. The summed E-state index contributed by atoms with van der Waals surface area (Å²) in [5.41, 5.74) is 8.26. The van der Waals surface area contributed by atoms with Crippen LogP contribution >= 0.6 is 81.2 Å². The van der Waals surface area contributed by atoms with Crippen molar-refractivity contribution >= 4 is 111 Å². The third-order valence-corrected chi connectivity index (χ3v) is 23.3. The number of carboxylic acids is 1. The predicted molar refractivity (Wildman–Crippen MR) is 380 cm³/mol. The fraction of sp³-hybridized carbons (Fsp3) is 0.507. The molecule has 12 aliphatic rings. The number of carbonyl (C=O) groups is 5. The highest BCUT2D eigenvalue weighted by atomic mass is 35.5. The number of aromatic nitrogens is 4. The number of hydrogen-bond acceptors (Lipinski definition) is 11. The minimum atomic E-state index is -1.11. The van der Waals surface area contributed by atoms with Crippen molar-refractivity contribution in [2.24, 2.45) is 70.8 Å². The lowest BCUT2D eigenvalue weighted by Crippen LogP contribution is -2.61. The van der Waals surface area contributed by atoms with Crippen molar-refractivity contribution in [3.8, 4) is 33.9 Å². The number of hydrazine groups is 2. The Morgan fingerprint density at radius 2 is 0.812 bits per heavy atom. The van der Waals surface area contributed by atoms with Crippen molar-refractivity contribution in [3.63, 3.8) is 0 Å². The number of alkyl halides is 1. The van der Waals surface area contributed by atoms with Gasteiger partial charge in [0.05, 0.1) is 39.4 Å². The molecule has 12 saturated carbocycles. The van der Waals surface area contributed by atoms with Crippen molar-refractivity contribution in [1.82, 2.24) is 46.3 Å². The van der Waals surface area contributed by atoms with E-state index in [2.05, 4.69) is 48.6 Å². The Morgan fingerprint density at radius 3 is 1.15 bits per heavy atom. The van der Waals surface area contributed by atoms with Gasteiger partial charge in [-0.1, -0.05) is 93.9 Å². The van der Waals surface area contributed by atoms with Gasteiger partial charge in [-0.25, -0.2) is 14.2 Å². The maximum atomic E-state index is 13.3. The van der Waals surface area contributed by atoms with Gasteiger partial charge in [-0.15, -0.1) is 11.6 Å². The molecule has 0 unspecified atom stereocenters. The molecule has 0 saturated heterocycles. The molecule has 0 spiro atoms. The highest BCUT2D eigenvalue weighted by Gasteiger charge is 2.54. The number of halogens is 7. The topological polar surface area (TPSA) is 279 Å². The van der Waals surface area contributed by atoms with Crippen LogP contribution in [0.3, 0.4) is 0 Å². The molecule has 96 heavy (non-hydrogen) atoms. The highest BCUT2D eigenvalue weighted by molar-refractivity contribution is 6.36. The summed E-state index contributed by atoms with van der Waals surface area (Å²) in [5, 5.41) is 34.0. The SMILES string of the molecule is Cc1c(C(=O)NCCC(=O)NC23CC4CC(CC(C4)C2)C3)nn(-c2ccc(Cl)cc2Cl)c1-c1ccc(Cl)cc1.Cc1c(C(=O)O)nn(-c2ccc(Cl)cc2Cl)c1-c1ccc(Cl)cc1.NN.NNCC(=O)NC12CC3CC(CC(C3)C1)C2.O=C(CCl)NC12CC3CC(CC(C3)C1)C2. The zero-order valence-electron chi connectivity index (χ0n) is 54.0. The van der Waals surface area contributed by atoms with Crippen LogP contribution in [0.2, 0.25) is 30.1 Å². The summed E-state index contributed by atoms with van der Waals surface area (Å²) in [5.74, 6) is 19.5. The van der Waals surface area contributed by atoms with E-state index in [1.807, 2.05) is 19.1 Å². The van der Waals surface area contributed by atoms with Gasteiger partial charge < -0.3 is 26.4 Å². The van der Waals surface area contributed by atoms with Crippen molar-refractivity contribution in [3.05, 3.63) is 138 Å². The number of carbonyl (C=O) groups excluding carboxylic acids is 4. The molecule has 12 aliphatic carbocycles. The van der Waals surface area contributed by atoms with E-state index >= 15 is 0 Å². The van der Waals surface area contributed by atoms with Crippen LogP contribution < -0.4 is 44.2 Å². The molecule has 25 heteroatoms. The van der Waals surface area contributed by atoms with E-state index in [9.17, 15) is 29.1 Å². The average molecular weight is 1450 g/mol. The fourth-order valence-electron chi connectivity index (χ4n) is 19.2. The van der Waals surface area contributed by atoms with Gasteiger partial charge in [0.1, 0.15) is 5.88 Å². The molecule has 12 bridgehead atoms. The van der Waals surface area contributed by atoms with E-state index in [0.717, 1.165) is 89.3 Å². The maximum absolute atomic E-state index is 13.3. The molecule has 12 fully saturated rings. The Morgan fingerprint density at radius 1 is 0.490 bits per heavy atom. The second-order valence-corrected chi connectivity index (χ2v) is 31.6. The molecule has 6 aromatic rings. The van der Waals surface area contributed by atoms with Crippen molar-refractivity contribution in [2.45, 2.75) is 152 Å². The molecule has 0 atom stereocenters. The minimum Gasteiger partial charge on any atom is -0.476 e. The second kappa shape index (κ2) is 30.6. The molecule has 0 aliphatic heterocycles. The van der Waals surface area contributed by atoms with Gasteiger partial charge in [0, 0.05) is 71.9 Å². The van der Waals surface area contributed by atoms with Crippen LogP contribution in [-0.4, -0.2) is 89.9 Å². The van der Waals surface area contributed by atoms with E-state index in [4.69, 9.17) is 87.0 Å². The van der Waals surface area contributed by atoms with Gasteiger partial charge >= 0.3 is 5.97 Å². The lowest BCUT2D eigenvalue weighted by atomic mass is 9.53. The summed E-state index contributed by atoms with van der Waals surface area (Å²) in [7, 11) is 0. The van der Waals surface area contributed by atoms with Crippen LogP contribution in [0.5, 0.6) is 0 Å². The molecule has 18 rings (SSSR count). The number of amides is 4. The summed E-state index contributed by atoms with van der Waals surface area (Å²) in [6, 6.07) is 24.5. The van der Waals surface area contributed by atoms with E-state index < -0.39 is 5.97 Å². The molecule has 4 amide bonds. The lowest BCUT2D eigenvalue weighted by Gasteiger charge is -2.57. The Labute approximate surface area is 595 Å². The van der Waals surface area contributed by atoms with Crippen molar-refractivity contribution in [1.29, 1.82) is 0 Å². The largest absolute Gasteiger partial charge is 0.476 e. The van der Waals surface area contributed by atoms with E-state index in [1.54, 1.807) is 84.4 Å². The number of benzene rings is 4. The van der Waals surface area contributed by atoms with E-state index in [0.29, 0.717) is 58.3 Å². The van der Waals surface area contributed by atoms with Gasteiger partial charge in [-0.2, -0.15) is 10.2 Å². The number of rotatable bonds is 15. The van der Waals surface area contributed by atoms with Crippen LogP contribution in [0.1, 0.15) is 154 Å². The third-order valence-electron chi connectivity index (χ3n) is 21.5. The standard InChI is InChI=1S/C30H31Cl3N4O2.C17H11Cl3N2O2.C12H18ClNO.C12H21N3O.H4N2/c1-17-27(29(39)34-9-8-26(38)35-30-14-18-10-19(15-30)12-20(11-18)16-30)36-37(25-7-6-23(32)13-24(25)33)28(17)21-2-4-22(31)5-3-21;1-9-15(17(23)24)21-22(14-7-6-12(19)8-13(14)20)16(9)10-2-4-11(18)5-3-10;13-7-11(15)14-12-4-8-1-9(5-12)3-10(2-8)6-12;13-14-7-11(16)15-12-4-8-1-9(5-12)3-10(2-8)6-12;1-2/h2-7,13,18-20H,8-12,14-16H2,1H3,(H,34,39)(H,35,38);2-8H,1H3,(H,23,24);8-10H,1-7H2,(H,14,15);8-10,14H,1-7,13H2,(H,15,16);1-2H2. The monoisotopic (exact) mass is 1450 g/mol. The molecule has 18 nitrogen and oxygen atoms in total. The van der Waals surface area contributed by atoms with Gasteiger partial charge in [0.2, 0.25) is 17.7 Å². The molecule has 12 N–H and O–H groups in total. The lowest BCUT2D eigenvalue weighted by molar-refractivity contribution is -0.127. The number of nitrogens with zero attached hydrogens (tertiary/aromatic N) is 4. The van der Waals surface area contributed by atoms with Crippen LogP contribution in [0.25, 0.3) is 33.9 Å². The highest BCUT2D eigenvalue weighted by Crippen LogP contribution is 2.58. The molecule has 514 valence electrons. The first-order valence-corrected chi connectivity index (χ1v) is 36.2. The quantitative estimate of drug-likeness (QED) is 0.0264. The number of nitrogens with two attached hydrogens (primary N) is 3. The molecular weight excluding hydrogens is 1370 g/mol. The molecule has 4 aromatic carbocycles. The Bertz CT molecular complexity index is 3740. The van der Waals surface area contributed by atoms with Gasteiger partial charge in [0.25, 0.3) is 5.91 Å². The first kappa shape index (κ1) is 71.8. The van der Waals surface area contributed by atoms with Gasteiger partial charge in [-0.05, 0) is 243 Å². The smallest absolute Gasteiger partial charge is 0.356 e. The second-order valence-electron chi connectivity index (χ2n) is 28.7. The van der Waals surface area contributed by atoms with E-state index in [1.165, 1.54) is 101 Å². The zero-order valence-corrected chi connectivity index (χ0v) is 59.3. The Hall–Kier alpha value is -5.48. The van der Waals surface area contributed by atoms with Gasteiger partial charge in [-0.3, -0.25) is 42.1 Å². The van der Waals surface area contributed by atoms with Gasteiger partial charge in [0.15, 0.2) is 11.4 Å². The van der Waals surface area contributed by atoms with Crippen LogP contribution in [0.4, 0.5) is 0 Å². The Kier molecular flexibility index (Phi) is 22.8. The number of nitrogens with one attached hydrogen (secondary N) is 5. The summed E-state index contributed by atoms with van der Waals surface area (Å²) in [4.78, 5) is 60.8. The first-order valence-electron chi connectivity index (χ1n) is 33.4. The summed E-state index contributed by atoms with van der Waals surface area (Å²) in [6.07, 6.45) is 23.2. The number of carboxylic acid groups (broad SMARTS) is 1. The average Bonchev–Trinajstić information content (AvgIpc) is 1.22. The normalized spacial score (nSPS) is 27.7.